The van der Waals surface area contributed by atoms with Gasteiger partial charge in [-0.3, -0.25) is 0 Å². The number of ether oxygens (including phenoxy) is 2. The largest absolute Gasteiger partial charge is 0.496 e. The first-order valence-electron chi connectivity index (χ1n) is 5.96. The van der Waals surface area contributed by atoms with E-state index in [1.165, 1.54) is 13.8 Å². The van der Waals surface area contributed by atoms with Crippen LogP contribution in [0.15, 0.2) is 18.7 Å². The van der Waals surface area contributed by atoms with Gasteiger partial charge in [-0.1, -0.05) is 6.58 Å². The van der Waals surface area contributed by atoms with Crippen LogP contribution >= 0.6 is 0 Å². The normalized spacial score (nSPS) is 11.0. The molecule has 0 spiro atoms. The Hall–Kier alpha value is -1.97. The van der Waals surface area contributed by atoms with Crippen LogP contribution in [0.3, 0.4) is 0 Å². The van der Waals surface area contributed by atoms with E-state index in [1.807, 2.05) is 19.9 Å². The quantitative estimate of drug-likeness (QED) is 0.886. The lowest BCUT2D eigenvalue weighted by Gasteiger charge is -2.24. The van der Waals surface area contributed by atoms with Crippen LogP contribution in [0.4, 0.5) is 0 Å². The number of hydrogen-bond acceptors (Lipinski definition) is 3. The van der Waals surface area contributed by atoms with Crippen LogP contribution in [0.25, 0.3) is 5.57 Å². The fraction of sp³-hybridized carbons (Fsp3) is 0.400. The SMILES string of the molecule is C=C(C)c1cc(OC)c(C)cc1OC(C)(C)C(=O)O. The maximum absolute atomic E-state index is 11.1. The molecule has 104 valence electrons. The summed E-state index contributed by atoms with van der Waals surface area (Å²) in [5, 5.41) is 9.13. The van der Waals surface area contributed by atoms with Crippen LogP contribution in [0.2, 0.25) is 0 Å². The Morgan fingerprint density at radius 1 is 1.32 bits per heavy atom. The summed E-state index contributed by atoms with van der Waals surface area (Å²) in [6.07, 6.45) is 0. The summed E-state index contributed by atoms with van der Waals surface area (Å²) in [4.78, 5) is 11.1. The van der Waals surface area contributed by atoms with Gasteiger partial charge in [-0.25, -0.2) is 4.79 Å². The minimum absolute atomic E-state index is 0.498. The minimum atomic E-state index is -1.30. The molecule has 0 radical (unpaired) electrons. The predicted octanol–water partition coefficient (Wildman–Crippen LogP) is 3.28. The smallest absolute Gasteiger partial charge is 0.347 e. The molecule has 0 bridgehead atoms. The topological polar surface area (TPSA) is 55.8 Å². The first-order chi connectivity index (χ1) is 8.69. The maximum Gasteiger partial charge on any atom is 0.347 e. The van der Waals surface area contributed by atoms with Gasteiger partial charge >= 0.3 is 5.97 Å². The van der Waals surface area contributed by atoms with Gasteiger partial charge in [0.05, 0.1) is 7.11 Å². The molecule has 19 heavy (non-hydrogen) atoms. The summed E-state index contributed by atoms with van der Waals surface area (Å²) < 4.78 is 10.9. The first kappa shape index (κ1) is 15.1. The number of aryl methyl sites for hydroxylation is 1. The highest BCUT2D eigenvalue weighted by Crippen LogP contribution is 2.34. The van der Waals surface area contributed by atoms with Crippen molar-refractivity contribution in [2.45, 2.75) is 33.3 Å². The summed E-state index contributed by atoms with van der Waals surface area (Å²) in [6, 6.07) is 3.58. The molecule has 4 heteroatoms. The number of carboxylic acids is 1. The second-order valence-electron chi connectivity index (χ2n) is 5.02. The van der Waals surface area contributed by atoms with Crippen molar-refractivity contribution in [3.05, 3.63) is 29.8 Å². The van der Waals surface area contributed by atoms with E-state index < -0.39 is 11.6 Å². The molecule has 0 amide bonds. The lowest BCUT2D eigenvalue weighted by molar-refractivity contribution is -0.152. The number of methoxy groups -OCH3 is 1. The summed E-state index contributed by atoms with van der Waals surface area (Å²) in [5.41, 5.74) is 1.11. The zero-order valence-electron chi connectivity index (χ0n) is 12.0. The second kappa shape index (κ2) is 5.34. The van der Waals surface area contributed by atoms with Gasteiger partial charge in [0.25, 0.3) is 0 Å². The fourth-order valence-electron chi connectivity index (χ4n) is 1.62. The highest BCUT2D eigenvalue weighted by Gasteiger charge is 2.30. The van der Waals surface area contributed by atoms with Gasteiger partial charge in [0, 0.05) is 5.56 Å². The van der Waals surface area contributed by atoms with Crippen LogP contribution in [0.1, 0.15) is 31.9 Å². The van der Waals surface area contributed by atoms with Crippen molar-refractivity contribution >= 4 is 11.5 Å². The van der Waals surface area contributed by atoms with E-state index in [0.717, 1.165) is 22.4 Å². The molecule has 0 aliphatic carbocycles. The third-order valence-electron chi connectivity index (χ3n) is 2.84. The molecule has 0 atom stereocenters. The molecule has 1 N–H and O–H groups in total. The molecular formula is C15H20O4. The molecule has 0 saturated carbocycles. The molecule has 0 aromatic heterocycles. The molecule has 0 fully saturated rings. The van der Waals surface area contributed by atoms with E-state index in [0.29, 0.717) is 5.75 Å². The number of benzene rings is 1. The van der Waals surface area contributed by atoms with Crippen molar-refractivity contribution in [2.75, 3.05) is 7.11 Å². The summed E-state index contributed by atoms with van der Waals surface area (Å²) in [7, 11) is 1.59. The van der Waals surface area contributed by atoms with Gasteiger partial charge in [-0.2, -0.15) is 0 Å². The van der Waals surface area contributed by atoms with Crippen LogP contribution < -0.4 is 9.47 Å². The van der Waals surface area contributed by atoms with E-state index >= 15 is 0 Å². The summed E-state index contributed by atoms with van der Waals surface area (Å²) >= 11 is 0. The summed E-state index contributed by atoms with van der Waals surface area (Å²) in [5.74, 6) is 0.199. The van der Waals surface area contributed by atoms with E-state index in [2.05, 4.69) is 6.58 Å². The first-order valence-corrected chi connectivity index (χ1v) is 5.96. The number of rotatable bonds is 5. The molecule has 1 rings (SSSR count). The number of allylic oxidation sites excluding steroid dienone is 1. The molecule has 0 aliphatic rings. The van der Waals surface area contributed by atoms with Crippen molar-refractivity contribution in [1.82, 2.24) is 0 Å². The van der Waals surface area contributed by atoms with Gasteiger partial charge in [0.2, 0.25) is 0 Å². The van der Waals surface area contributed by atoms with Gasteiger partial charge in [0.15, 0.2) is 5.60 Å². The number of carbonyl (C=O) groups is 1. The number of aliphatic carboxylic acids is 1. The Kier molecular flexibility index (Phi) is 4.24. The minimum Gasteiger partial charge on any atom is -0.496 e. The van der Waals surface area contributed by atoms with Gasteiger partial charge in [-0.05, 0) is 51.0 Å². The maximum atomic E-state index is 11.1. The molecule has 1 aromatic carbocycles. The molecule has 0 saturated heterocycles. The molecule has 4 nitrogen and oxygen atoms in total. The third kappa shape index (κ3) is 3.28. The van der Waals surface area contributed by atoms with Crippen LogP contribution in [0, 0.1) is 6.92 Å². The Bertz CT molecular complexity index is 515. The second-order valence-corrected chi connectivity index (χ2v) is 5.02. The Balaban J connectivity index is 3.31. The lowest BCUT2D eigenvalue weighted by Crippen LogP contribution is -2.38. The van der Waals surface area contributed by atoms with E-state index in [-0.39, 0.29) is 0 Å². The molecule has 0 heterocycles. The highest BCUT2D eigenvalue weighted by atomic mass is 16.5. The lowest BCUT2D eigenvalue weighted by atomic mass is 10.0. The Labute approximate surface area is 113 Å². The third-order valence-corrected chi connectivity index (χ3v) is 2.84. The van der Waals surface area contributed by atoms with Crippen LogP contribution in [-0.2, 0) is 4.79 Å². The van der Waals surface area contributed by atoms with Gasteiger partial charge in [0.1, 0.15) is 11.5 Å². The van der Waals surface area contributed by atoms with Crippen molar-refractivity contribution in [3.63, 3.8) is 0 Å². The number of hydrogen-bond donors (Lipinski definition) is 1. The predicted molar refractivity (Wildman–Crippen MR) is 74.8 cm³/mol. The standard InChI is InChI=1S/C15H20O4/c1-9(2)11-8-12(18-6)10(3)7-13(11)19-15(4,5)14(16)17/h7-8H,1H2,2-6H3,(H,16,17). The zero-order valence-corrected chi connectivity index (χ0v) is 12.0. The van der Waals surface area contributed by atoms with Crippen molar-refractivity contribution in [2.24, 2.45) is 0 Å². The Morgan fingerprint density at radius 2 is 1.89 bits per heavy atom. The molecular weight excluding hydrogens is 244 g/mol. The Morgan fingerprint density at radius 3 is 2.32 bits per heavy atom. The zero-order chi connectivity index (χ0) is 14.8. The average Bonchev–Trinajstić information content (AvgIpc) is 2.28. The van der Waals surface area contributed by atoms with Crippen LogP contribution in [-0.4, -0.2) is 23.8 Å². The monoisotopic (exact) mass is 264 g/mol. The van der Waals surface area contributed by atoms with E-state index in [4.69, 9.17) is 14.6 Å². The van der Waals surface area contributed by atoms with Crippen molar-refractivity contribution in [1.29, 1.82) is 0 Å². The summed E-state index contributed by atoms with van der Waals surface area (Å²) in [6.45, 7) is 10.6. The van der Waals surface area contributed by atoms with Crippen molar-refractivity contribution < 1.29 is 19.4 Å². The van der Waals surface area contributed by atoms with E-state index in [9.17, 15) is 4.79 Å². The highest BCUT2D eigenvalue weighted by molar-refractivity contribution is 5.77. The molecule has 0 aliphatic heterocycles. The molecule has 0 unspecified atom stereocenters. The number of carboxylic acid groups (broad SMARTS) is 1. The molecule has 1 aromatic rings. The van der Waals surface area contributed by atoms with Gasteiger partial charge < -0.3 is 14.6 Å². The fourth-order valence-corrected chi connectivity index (χ4v) is 1.62. The van der Waals surface area contributed by atoms with Crippen LogP contribution in [0.5, 0.6) is 11.5 Å². The van der Waals surface area contributed by atoms with E-state index in [1.54, 1.807) is 13.2 Å². The average molecular weight is 264 g/mol. The van der Waals surface area contributed by atoms with Crippen molar-refractivity contribution in [3.8, 4) is 11.5 Å². The van der Waals surface area contributed by atoms with Gasteiger partial charge in [-0.15, -0.1) is 0 Å².